The van der Waals surface area contributed by atoms with E-state index in [1.807, 2.05) is 31.4 Å². The molecule has 4 aromatic heterocycles. The van der Waals surface area contributed by atoms with Gasteiger partial charge < -0.3 is 9.73 Å². The van der Waals surface area contributed by atoms with Gasteiger partial charge >= 0.3 is 0 Å². The molecule has 1 aliphatic heterocycles. The first-order valence-electron chi connectivity index (χ1n) is 10.3. The third kappa shape index (κ3) is 4.31. The number of likely N-dealkylation sites (tertiary alicyclic amines) is 1. The molecule has 1 aliphatic rings. The molecule has 0 aliphatic carbocycles. The quantitative estimate of drug-likeness (QED) is 0.533. The highest BCUT2D eigenvalue weighted by Crippen LogP contribution is 2.23. The molecular formula is C22H23N7O2. The second kappa shape index (κ2) is 8.27. The van der Waals surface area contributed by atoms with Crippen LogP contribution < -0.4 is 5.32 Å². The van der Waals surface area contributed by atoms with Crippen molar-refractivity contribution < 1.29 is 9.21 Å². The molecule has 0 radical (unpaired) electrons. The summed E-state index contributed by atoms with van der Waals surface area (Å²) in [5.74, 6) is 1.20. The lowest BCUT2D eigenvalue weighted by molar-refractivity contribution is -0.121. The number of oxazole rings is 1. The SMILES string of the molecule is Cn1cc(-c2ccc3cnc(NC(=O)C4CCN(Cc5ncco5)CC4)cc3n2)cn1. The number of carbonyl (C=O) groups excluding carboxylic acids is 1. The molecule has 1 amide bonds. The summed E-state index contributed by atoms with van der Waals surface area (Å²) in [6.45, 7) is 2.35. The van der Waals surface area contributed by atoms with Crippen molar-refractivity contribution in [1.82, 2.24) is 29.6 Å². The average Bonchev–Trinajstić information content (AvgIpc) is 3.45. The van der Waals surface area contributed by atoms with Gasteiger partial charge in [-0.1, -0.05) is 0 Å². The molecule has 1 saturated heterocycles. The van der Waals surface area contributed by atoms with E-state index in [0.29, 0.717) is 18.3 Å². The Morgan fingerprint density at radius 3 is 2.84 bits per heavy atom. The van der Waals surface area contributed by atoms with E-state index in [1.165, 1.54) is 0 Å². The zero-order valence-corrected chi connectivity index (χ0v) is 17.2. The van der Waals surface area contributed by atoms with Gasteiger partial charge in [-0.25, -0.2) is 15.0 Å². The van der Waals surface area contributed by atoms with E-state index in [9.17, 15) is 4.79 Å². The fourth-order valence-electron chi connectivity index (χ4n) is 3.90. The minimum Gasteiger partial charge on any atom is -0.448 e. The standard InChI is InChI=1S/C22H23N7O2/c1-28-13-17(12-25-28)18-3-2-16-11-24-20(10-19(16)26-18)27-22(30)15-4-7-29(8-5-15)14-21-23-6-9-31-21/h2-3,6,9-13,15H,4-5,7-8,14H2,1H3,(H,24,27,30). The Bertz CT molecular complexity index is 1190. The molecule has 1 fully saturated rings. The van der Waals surface area contributed by atoms with Crippen molar-refractivity contribution in [2.75, 3.05) is 18.4 Å². The summed E-state index contributed by atoms with van der Waals surface area (Å²) in [5, 5.41) is 8.10. The molecule has 0 saturated carbocycles. The summed E-state index contributed by atoms with van der Waals surface area (Å²) < 4.78 is 7.06. The van der Waals surface area contributed by atoms with Crippen molar-refractivity contribution in [2.24, 2.45) is 13.0 Å². The normalized spacial score (nSPS) is 15.4. The third-order valence-electron chi connectivity index (χ3n) is 5.63. The molecule has 5 rings (SSSR count). The van der Waals surface area contributed by atoms with Crippen molar-refractivity contribution in [3.05, 3.63) is 55.1 Å². The Hall–Kier alpha value is -3.59. The molecule has 5 heterocycles. The number of nitrogens with one attached hydrogen (secondary N) is 1. The number of rotatable bonds is 5. The summed E-state index contributed by atoms with van der Waals surface area (Å²) in [7, 11) is 1.88. The molecule has 31 heavy (non-hydrogen) atoms. The van der Waals surface area contributed by atoms with Crippen LogP contribution >= 0.6 is 0 Å². The maximum atomic E-state index is 12.8. The van der Waals surface area contributed by atoms with Crippen molar-refractivity contribution in [3.63, 3.8) is 0 Å². The van der Waals surface area contributed by atoms with E-state index in [0.717, 1.165) is 48.1 Å². The summed E-state index contributed by atoms with van der Waals surface area (Å²) in [6, 6.07) is 5.75. The maximum Gasteiger partial charge on any atom is 0.228 e. The van der Waals surface area contributed by atoms with Gasteiger partial charge in [0.2, 0.25) is 11.8 Å². The number of aryl methyl sites for hydroxylation is 1. The third-order valence-corrected chi connectivity index (χ3v) is 5.63. The van der Waals surface area contributed by atoms with E-state index in [1.54, 1.807) is 29.5 Å². The van der Waals surface area contributed by atoms with Crippen LogP contribution in [0.3, 0.4) is 0 Å². The second-order valence-electron chi connectivity index (χ2n) is 7.83. The highest BCUT2D eigenvalue weighted by Gasteiger charge is 2.26. The van der Waals surface area contributed by atoms with Crippen LogP contribution in [0.1, 0.15) is 18.7 Å². The van der Waals surface area contributed by atoms with Gasteiger partial charge in [0.1, 0.15) is 12.1 Å². The highest BCUT2D eigenvalue weighted by atomic mass is 16.3. The molecule has 0 atom stereocenters. The van der Waals surface area contributed by atoms with Crippen molar-refractivity contribution in [1.29, 1.82) is 0 Å². The average molecular weight is 417 g/mol. The Labute approximate surface area is 179 Å². The first kappa shape index (κ1) is 19.4. The van der Waals surface area contributed by atoms with E-state index < -0.39 is 0 Å². The minimum absolute atomic E-state index is 0.00559. The Morgan fingerprint density at radius 1 is 1.23 bits per heavy atom. The molecular weight excluding hydrogens is 394 g/mol. The molecule has 1 N–H and O–H groups in total. The zero-order chi connectivity index (χ0) is 21.2. The lowest BCUT2D eigenvalue weighted by atomic mass is 9.96. The van der Waals surface area contributed by atoms with Crippen LogP contribution in [0.25, 0.3) is 22.2 Å². The van der Waals surface area contributed by atoms with Crippen LogP contribution in [0, 0.1) is 5.92 Å². The van der Waals surface area contributed by atoms with Gasteiger partial charge in [0.15, 0.2) is 0 Å². The highest BCUT2D eigenvalue weighted by molar-refractivity contribution is 5.93. The molecule has 9 nitrogen and oxygen atoms in total. The number of anilines is 1. The molecule has 0 aromatic carbocycles. The first-order chi connectivity index (χ1) is 15.1. The molecule has 0 unspecified atom stereocenters. The van der Waals surface area contributed by atoms with Gasteiger partial charge in [0, 0.05) is 42.4 Å². The number of aromatic nitrogens is 5. The summed E-state index contributed by atoms with van der Waals surface area (Å²) in [6.07, 6.45) is 10.3. The summed E-state index contributed by atoms with van der Waals surface area (Å²) in [5.41, 5.74) is 2.57. The molecule has 9 heteroatoms. The van der Waals surface area contributed by atoms with Crippen LogP contribution in [0.5, 0.6) is 0 Å². The number of carbonyl (C=O) groups is 1. The number of fused-ring (bicyclic) bond motifs is 1. The van der Waals surface area contributed by atoms with Crippen LogP contribution in [0.2, 0.25) is 0 Å². The monoisotopic (exact) mass is 417 g/mol. The fraction of sp³-hybridized carbons (Fsp3) is 0.318. The lowest BCUT2D eigenvalue weighted by Crippen LogP contribution is -2.37. The van der Waals surface area contributed by atoms with Crippen LogP contribution in [0.4, 0.5) is 5.82 Å². The smallest absolute Gasteiger partial charge is 0.228 e. The van der Waals surface area contributed by atoms with Gasteiger partial charge in [-0.3, -0.25) is 14.4 Å². The van der Waals surface area contributed by atoms with Gasteiger partial charge in [0.05, 0.1) is 30.1 Å². The number of pyridine rings is 2. The predicted molar refractivity (Wildman–Crippen MR) is 115 cm³/mol. The number of nitrogens with zero attached hydrogens (tertiary/aromatic N) is 6. The van der Waals surface area contributed by atoms with Crippen molar-refractivity contribution in [2.45, 2.75) is 19.4 Å². The number of hydrogen-bond acceptors (Lipinski definition) is 7. The Morgan fingerprint density at radius 2 is 2.10 bits per heavy atom. The summed E-state index contributed by atoms with van der Waals surface area (Å²) >= 11 is 0. The topological polar surface area (TPSA) is 102 Å². The van der Waals surface area contributed by atoms with E-state index in [2.05, 4.69) is 25.3 Å². The van der Waals surface area contributed by atoms with Gasteiger partial charge in [0.25, 0.3) is 0 Å². The number of hydrogen-bond donors (Lipinski definition) is 1. The lowest BCUT2D eigenvalue weighted by Gasteiger charge is -2.30. The van der Waals surface area contributed by atoms with Crippen LogP contribution in [-0.4, -0.2) is 48.6 Å². The number of piperidine rings is 1. The number of amides is 1. The first-order valence-corrected chi connectivity index (χ1v) is 10.3. The van der Waals surface area contributed by atoms with Gasteiger partial charge in [-0.05, 0) is 38.1 Å². The van der Waals surface area contributed by atoms with E-state index in [-0.39, 0.29) is 11.8 Å². The maximum absolute atomic E-state index is 12.8. The minimum atomic E-state index is -0.0343. The molecule has 0 bridgehead atoms. The van der Waals surface area contributed by atoms with Crippen LogP contribution in [-0.2, 0) is 18.4 Å². The Kier molecular flexibility index (Phi) is 5.17. The van der Waals surface area contributed by atoms with Crippen molar-refractivity contribution >= 4 is 22.6 Å². The van der Waals surface area contributed by atoms with E-state index >= 15 is 0 Å². The second-order valence-corrected chi connectivity index (χ2v) is 7.83. The Balaban J connectivity index is 1.24. The van der Waals surface area contributed by atoms with E-state index in [4.69, 9.17) is 9.40 Å². The largest absolute Gasteiger partial charge is 0.448 e. The fourth-order valence-corrected chi connectivity index (χ4v) is 3.90. The van der Waals surface area contributed by atoms with Crippen molar-refractivity contribution in [3.8, 4) is 11.3 Å². The zero-order valence-electron chi connectivity index (χ0n) is 17.2. The predicted octanol–water partition coefficient (Wildman–Crippen LogP) is 2.87. The molecule has 158 valence electrons. The summed E-state index contributed by atoms with van der Waals surface area (Å²) in [4.78, 5) is 28.3. The molecule has 4 aromatic rings. The molecule has 0 spiro atoms. The van der Waals surface area contributed by atoms with Gasteiger partial charge in [-0.15, -0.1) is 0 Å². The van der Waals surface area contributed by atoms with Gasteiger partial charge in [-0.2, -0.15) is 5.10 Å². The van der Waals surface area contributed by atoms with Crippen LogP contribution in [0.15, 0.2) is 53.7 Å².